The number of hydrogen-bond acceptors (Lipinski definition) is 11. The summed E-state index contributed by atoms with van der Waals surface area (Å²) in [4.78, 5) is 63.3. The van der Waals surface area contributed by atoms with E-state index in [9.17, 15) is 29.1 Å². The molecular weight excluding hydrogens is 482 g/mol. The number of carbonyl (C=O) groups is 5. The van der Waals surface area contributed by atoms with Crippen LogP contribution in [-0.2, 0) is 9.59 Å². The molecule has 1 fully saturated rings. The van der Waals surface area contributed by atoms with E-state index >= 15 is 0 Å². The van der Waals surface area contributed by atoms with Crippen LogP contribution in [0.3, 0.4) is 0 Å². The first-order valence-electron chi connectivity index (χ1n) is 10.3. The normalized spacial score (nSPS) is 17.8. The van der Waals surface area contributed by atoms with Crippen LogP contribution in [0.25, 0.3) is 0 Å². The summed E-state index contributed by atoms with van der Waals surface area (Å²) in [6, 6.07) is -3.36. The molecule has 1 aliphatic heterocycles. The lowest BCUT2D eigenvalue weighted by Crippen LogP contribution is -2.54. The summed E-state index contributed by atoms with van der Waals surface area (Å²) in [5.41, 5.74) is -0.145. The lowest BCUT2D eigenvalue weighted by molar-refractivity contribution is -0.142. The molecule has 4 heterocycles. The first-order valence-corrected chi connectivity index (χ1v) is 10.3. The van der Waals surface area contributed by atoms with Crippen LogP contribution in [-0.4, -0.2) is 117 Å². The second kappa shape index (κ2) is 10.4. The van der Waals surface area contributed by atoms with E-state index in [2.05, 4.69) is 62.2 Å². The van der Waals surface area contributed by atoms with Crippen molar-refractivity contribution in [2.24, 2.45) is 0 Å². The highest BCUT2D eigenvalue weighted by Crippen LogP contribution is 2.21. The van der Waals surface area contributed by atoms with Gasteiger partial charge in [0.25, 0.3) is 17.7 Å². The van der Waals surface area contributed by atoms with E-state index in [-0.39, 0.29) is 30.0 Å². The molecule has 7 N–H and O–H groups in total. The largest absolute Gasteiger partial charge is 0.480 e. The molecule has 0 radical (unpaired) electrons. The van der Waals surface area contributed by atoms with Crippen LogP contribution in [0.15, 0.2) is 18.6 Å². The maximum Gasteiger partial charge on any atom is 0.328 e. The molecule has 19 heteroatoms. The summed E-state index contributed by atoms with van der Waals surface area (Å²) in [6.45, 7) is -0.545. The van der Waals surface area contributed by atoms with Gasteiger partial charge < -0.3 is 26.0 Å². The minimum Gasteiger partial charge on any atom is -0.480 e. The minimum absolute atomic E-state index is 0.00562. The fourth-order valence-corrected chi connectivity index (χ4v) is 3.50. The van der Waals surface area contributed by atoms with Crippen LogP contribution in [0.1, 0.15) is 37.9 Å². The molecule has 0 aliphatic carbocycles. The van der Waals surface area contributed by atoms with Gasteiger partial charge in [0.2, 0.25) is 5.91 Å². The van der Waals surface area contributed by atoms with E-state index in [1.54, 1.807) is 0 Å². The van der Waals surface area contributed by atoms with Gasteiger partial charge in [-0.15, -0.1) is 0 Å². The first kappa shape index (κ1) is 23.9. The number of nitrogens with one attached hydrogen (secondary N) is 6. The Balaban J connectivity index is 1.45. The third kappa shape index (κ3) is 5.29. The number of likely N-dealkylation sites (tertiary alicyclic amines) is 1. The second-order valence-corrected chi connectivity index (χ2v) is 7.55. The number of aromatic amines is 3. The van der Waals surface area contributed by atoms with Crippen LogP contribution in [0.4, 0.5) is 0 Å². The average Bonchev–Trinajstić information content (AvgIpc) is 3.67. The molecule has 0 spiro atoms. The van der Waals surface area contributed by atoms with E-state index in [4.69, 9.17) is 0 Å². The number of aromatic nitrogens is 9. The molecule has 3 atom stereocenters. The van der Waals surface area contributed by atoms with Gasteiger partial charge in [-0.3, -0.25) is 19.2 Å². The predicted octanol–water partition coefficient (Wildman–Crippen LogP) is -3.95. The summed E-state index contributed by atoms with van der Waals surface area (Å²) >= 11 is 0. The molecule has 4 amide bonds. The van der Waals surface area contributed by atoms with Gasteiger partial charge in [0.15, 0.2) is 17.1 Å². The molecular formula is C17H19N13O6. The highest BCUT2D eigenvalue weighted by molar-refractivity contribution is 5.98. The third-order valence-electron chi connectivity index (χ3n) is 5.21. The Labute approximate surface area is 199 Å². The Morgan fingerprint density at radius 2 is 1.53 bits per heavy atom. The van der Waals surface area contributed by atoms with E-state index < -0.39 is 54.3 Å². The summed E-state index contributed by atoms with van der Waals surface area (Å²) in [6.07, 6.45) is 3.48. The molecule has 36 heavy (non-hydrogen) atoms. The first-order chi connectivity index (χ1) is 17.3. The highest BCUT2D eigenvalue weighted by atomic mass is 16.4. The van der Waals surface area contributed by atoms with Crippen LogP contribution in [0.2, 0.25) is 0 Å². The van der Waals surface area contributed by atoms with Gasteiger partial charge in [-0.25, -0.2) is 4.79 Å². The zero-order valence-electron chi connectivity index (χ0n) is 18.2. The van der Waals surface area contributed by atoms with Gasteiger partial charge in [-0.1, -0.05) is 0 Å². The summed E-state index contributed by atoms with van der Waals surface area (Å²) in [7, 11) is 0. The van der Waals surface area contributed by atoms with Crippen molar-refractivity contribution in [3.63, 3.8) is 0 Å². The monoisotopic (exact) mass is 501 g/mol. The van der Waals surface area contributed by atoms with Gasteiger partial charge >= 0.3 is 5.97 Å². The molecule has 0 bridgehead atoms. The number of carboxylic acid groups (broad SMARTS) is 1. The van der Waals surface area contributed by atoms with Crippen LogP contribution in [0, 0.1) is 0 Å². The van der Waals surface area contributed by atoms with Crippen molar-refractivity contribution in [3.8, 4) is 0 Å². The molecule has 3 aromatic rings. The number of carbonyl (C=O) groups excluding carboxylic acids is 4. The van der Waals surface area contributed by atoms with E-state index in [1.807, 2.05) is 0 Å². The number of carboxylic acids is 1. The Morgan fingerprint density at radius 1 is 0.944 bits per heavy atom. The number of amides is 4. The third-order valence-corrected chi connectivity index (χ3v) is 5.21. The number of nitrogens with zero attached hydrogens (tertiary/aromatic N) is 7. The zero-order chi connectivity index (χ0) is 25.7. The molecule has 188 valence electrons. The summed E-state index contributed by atoms with van der Waals surface area (Å²) in [5, 5.41) is 45.3. The Morgan fingerprint density at radius 3 is 2.08 bits per heavy atom. The molecule has 0 aromatic carbocycles. The molecule has 19 nitrogen and oxygen atoms in total. The maximum absolute atomic E-state index is 13.1. The van der Waals surface area contributed by atoms with E-state index in [0.717, 1.165) is 17.3 Å². The van der Waals surface area contributed by atoms with Gasteiger partial charge in [-0.2, -0.15) is 46.2 Å². The second-order valence-electron chi connectivity index (χ2n) is 7.55. The van der Waals surface area contributed by atoms with Crippen LogP contribution < -0.4 is 16.0 Å². The fourth-order valence-electron chi connectivity index (χ4n) is 3.50. The van der Waals surface area contributed by atoms with Gasteiger partial charge in [0.05, 0.1) is 18.6 Å². The molecule has 1 aliphatic rings. The van der Waals surface area contributed by atoms with Crippen molar-refractivity contribution in [1.29, 1.82) is 0 Å². The maximum atomic E-state index is 13.1. The molecule has 0 unspecified atom stereocenters. The number of aliphatic carboxylic acids is 1. The van der Waals surface area contributed by atoms with Crippen molar-refractivity contribution < 1.29 is 29.1 Å². The quantitative estimate of drug-likeness (QED) is 0.148. The lowest BCUT2D eigenvalue weighted by atomic mass is 10.1. The SMILES string of the molecule is O=C(NC[C@H](NC(=O)[C@@H]1C[C@@H](NC(=O)c2cn[nH]n2)CN1C(=O)c1cn[nH]n1)C(=O)O)c1cn[nH]n1. The van der Waals surface area contributed by atoms with Gasteiger partial charge in [0.1, 0.15) is 12.1 Å². The van der Waals surface area contributed by atoms with Crippen LogP contribution in [0.5, 0.6) is 0 Å². The molecule has 3 aromatic heterocycles. The van der Waals surface area contributed by atoms with Crippen LogP contribution >= 0.6 is 0 Å². The number of rotatable bonds is 9. The van der Waals surface area contributed by atoms with Crippen molar-refractivity contribution in [2.75, 3.05) is 13.1 Å². The average molecular weight is 501 g/mol. The Hall–Kier alpha value is -5.23. The smallest absolute Gasteiger partial charge is 0.328 e. The molecule has 4 rings (SSSR count). The zero-order valence-corrected chi connectivity index (χ0v) is 18.2. The standard InChI is InChI=1S/C17H19N13O6/c31-13(8-3-19-27-24-8)18-2-11(17(35)36)23-15(33)12-1-7(22-14(32)9-4-20-28-25-9)6-30(12)16(34)10-5-21-29-26-10/h3-5,7,11-12H,1-2,6H2,(H,18,31)(H,22,32)(H,23,33)(H,35,36)(H,19,24,27)(H,20,25,28)(H,21,26,29)/t7-,11+,12+/m1/s1. The number of H-pyrrole nitrogens is 3. The Kier molecular flexibility index (Phi) is 6.88. The van der Waals surface area contributed by atoms with E-state index in [1.165, 1.54) is 6.20 Å². The topological polar surface area (TPSA) is 270 Å². The summed E-state index contributed by atoms with van der Waals surface area (Å²) < 4.78 is 0. The summed E-state index contributed by atoms with van der Waals surface area (Å²) in [5.74, 6) is -4.18. The lowest BCUT2D eigenvalue weighted by Gasteiger charge is -2.24. The van der Waals surface area contributed by atoms with Crippen molar-refractivity contribution in [2.45, 2.75) is 24.5 Å². The fraction of sp³-hybridized carbons (Fsp3) is 0.353. The van der Waals surface area contributed by atoms with Gasteiger partial charge in [-0.05, 0) is 6.42 Å². The van der Waals surface area contributed by atoms with Crippen molar-refractivity contribution >= 4 is 29.6 Å². The molecule has 0 saturated carbocycles. The highest BCUT2D eigenvalue weighted by Gasteiger charge is 2.42. The minimum atomic E-state index is -1.53. The van der Waals surface area contributed by atoms with Crippen molar-refractivity contribution in [3.05, 3.63) is 35.7 Å². The Bertz CT molecular complexity index is 1230. The molecule has 1 saturated heterocycles. The van der Waals surface area contributed by atoms with Crippen molar-refractivity contribution in [1.82, 2.24) is 67.1 Å². The van der Waals surface area contributed by atoms with E-state index in [0.29, 0.717) is 0 Å². The number of hydrogen-bond donors (Lipinski definition) is 7. The predicted molar refractivity (Wildman–Crippen MR) is 112 cm³/mol. The van der Waals surface area contributed by atoms with Gasteiger partial charge in [0, 0.05) is 19.1 Å².